The maximum Gasteiger partial charge on any atom is 0.240 e. The quantitative estimate of drug-likeness (QED) is 0.718. The molecule has 7 heteroatoms. The van der Waals surface area contributed by atoms with E-state index in [1.54, 1.807) is 24.3 Å². The van der Waals surface area contributed by atoms with E-state index >= 15 is 0 Å². The molecular formula is C19H16ClNO4S. The van der Waals surface area contributed by atoms with Gasteiger partial charge in [0.2, 0.25) is 5.91 Å². The first-order valence-corrected chi connectivity index (χ1v) is 9.77. The lowest BCUT2D eigenvalue weighted by atomic mass is 10.1. The molecule has 0 spiro atoms. The number of nitrogens with one attached hydrogen (secondary N) is 1. The number of fused-ring (bicyclic) bond motifs is 1. The largest absolute Gasteiger partial charge is 0.495 e. The van der Waals surface area contributed by atoms with Crippen molar-refractivity contribution in [3.05, 3.63) is 65.7 Å². The lowest BCUT2D eigenvalue weighted by Gasteiger charge is -2.11. The van der Waals surface area contributed by atoms with Crippen molar-refractivity contribution >= 4 is 43.8 Å². The second-order valence-corrected chi connectivity index (χ2v) is 8.09. The molecule has 0 aliphatic carbocycles. The van der Waals surface area contributed by atoms with Gasteiger partial charge in [-0.1, -0.05) is 41.9 Å². The molecule has 0 aliphatic rings. The van der Waals surface area contributed by atoms with Crippen molar-refractivity contribution in [2.75, 3.05) is 18.2 Å². The molecule has 0 atom stereocenters. The van der Waals surface area contributed by atoms with Crippen molar-refractivity contribution < 1.29 is 17.9 Å². The number of amides is 1. The van der Waals surface area contributed by atoms with Crippen LogP contribution < -0.4 is 10.1 Å². The number of carbonyl (C=O) groups is 1. The number of ether oxygens (including phenoxy) is 1. The maximum absolute atomic E-state index is 12.6. The predicted octanol–water partition coefficient (Wildman–Crippen LogP) is 3.91. The van der Waals surface area contributed by atoms with Gasteiger partial charge in [-0.05, 0) is 41.1 Å². The van der Waals surface area contributed by atoms with Gasteiger partial charge >= 0.3 is 0 Å². The molecule has 134 valence electrons. The summed E-state index contributed by atoms with van der Waals surface area (Å²) >= 11 is 5.92. The smallest absolute Gasteiger partial charge is 0.240 e. The molecule has 1 amide bonds. The van der Waals surface area contributed by atoms with Gasteiger partial charge in [-0.3, -0.25) is 4.79 Å². The van der Waals surface area contributed by atoms with E-state index in [4.69, 9.17) is 16.3 Å². The van der Waals surface area contributed by atoms with E-state index in [-0.39, 0.29) is 4.90 Å². The summed E-state index contributed by atoms with van der Waals surface area (Å²) in [5.74, 6) is -0.953. The van der Waals surface area contributed by atoms with Gasteiger partial charge < -0.3 is 10.1 Å². The highest BCUT2D eigenvalue weighted by Gasteiger charge is 2.20. The summed E-state index contributed by atoms with van der Waals surface area (Å²) in [5, 5.41) is 4.67. The Hall–Kier alpha value is -2.57. The number of halogens is 1. The van der Waals surface area contributed by atoms with Crippen LogP contribution in [-0.4, -0.2) is 27.2 Å². The second-order valence-electron chi connectivity index (χ2n) is 5.66. The van der Waals surface area contributed by atoms with Crippen LogP contribution in [0.3, 0.4) is 0 Å². The van der Waals surface area contributed by atoms with Crippen LogP contribution in [0.4, 0.5) is 5.69 Å². The van der Waals surface area contributed by atoms with Crippen molar-refractivity contribution in [3.8, 4) is 5.75 Å². The third-order valence-corrected chi connectivity index (χ3v) is 5.69. The number of carbonyl (C=O) groups excluding carboxylic acids is 1. The Labute approximate surface area is 156 Å². The zero-order valence-corrected chi connectivity index (χ0v) is 15.5. The molecule has 0 aliphatic heterocycles. The Morgan fingerprint density at radius 3 is 2.50 bits per heavy atom. The van der Waals surface area contributed by atoms with Crippen LogP contribution in [0.5, 0.6) is 5.75 Å². The van der Waals surface area contributed by atoms with E-state index in [2.05, 4.69) is 5.32 Å². The highest BCUT2D eigenvalue weighted by molar-refractivity contribution is 7.92. The zero-order chi connectivity index (χ0) is 18.7. The molecule has 0 saturated carbocycles. The fraction of sp³-hybridized carbons (Fsp3) is 0.105. The molecule has 1 N–H and O–H groups in total. The first-order chi connectivity index (χ1) is 12.4. The van der Waals surface area contributed by atoms with E-state index in [0.29, 0.717) is 16.5 Å². The molecule has 5 nitrogen and oxygen atoms in total. The summed E-state index contributed by atoms with van der Waals surface area (Å²) in [5.41, 5.74) is 0.318. The summed E-state index contributed by atoms with van der Waals surface area (Å²) in [6.45, 7) is 0. The molecule has 0 fully saturated rings. The molecule has 0 bridgehead atoms. The minimum Gasteiger partial charge on any atom is -0.495 e. The van der Waals surface area contributed by atoms with Crippen LogP contribution in [0.2, 0.25) is 5.02 Å². The maximum atomic E-state index is 12.6. The van der Waals surface area contributed by atoms with E-state index in [1.807, 2.05) is 24.3 Å². The molecule has 0 saturated heterocycles. The van der Waals surface area contributed by atoms with E-state index in [1.165, 1.54) is 19.2 Å². The van der Waals surface area contributed by atoms with E-state index in [9.17, 15) is 13.2 Å². The number of methoxy groups -OCH3 is 1. The van der Waals surface area contributed by atoms with Gasteiger partial charge in [0.1, 0.15) is 11.5 Å². The SMILES string of the molecule is COc1ccc(Cl)cc1NC(=O)CS(=O)(=O)c1ccc2ccccc2c1. The molecular weight excluding hydrogens is 374 g/mol. The summed E-state index contributed by atoms with van der Waals surface area (Å²) in [7, 11) is -2.34. The summed E-state index contributed by atoms with van der Waals surface area (Å²) in [4.78, 5) is 12.4. The Kier molecular flexibility index (Phi) is 5.15. The van der Waals surface area contributed by atoms with Crippen LogP contribution in [-0.2, 0) is 14.6 Å². The van der Waals surface area contributed by atoms with E-state index < -0.39 is 21.5 Å². The molecule has 3 aromatic rings. The lowest BCUT2D eigenvalue weighted by Crippen LogP contribution is -2.23. The Bertz CT molecular complexity index is 1080. The highest BCUT2D eigenvalue weighted by Crippen LogP contribution is 2.28. The van der Waals surface area contributed by atoms with Gasteiger partial charge in [-0.2, -0.15) is 0 Å². The van der Waals surface area contributed by atoms with Crippen LogP contribution in [0.25, 0.3) is 10.8 Å². The number of rotatable bonds is 5. The van der Waals surface area contributed by atoms with Crippen LogP contribution in [0, 0.1) is 0 Å². The Balaban J connectivity index is 1.82. The van der Waals surface area contributed by atoms with Crippen molar-refractivity contribution in [1.82, 2.24) is 0 Å². The topological polar surface area (TPSA) is 72.5 Å². The first-order valence-electron chi connectivity index (χ1n) is 7.74. The molecule has 0 radical (unpaired) electrons. The van der Waals surface area contributed by atoms with Crippen molar-refractivity contribution in [2.45, 2.75) is 4.90 Å². The molecule has 26 heavy (non-hydrogen) atoms. The standard InChI is InChI=1S/C19H16ClNO4S/c1-25-18-9-7-15(20)11-17(18)21-19(22)12-26(23,24)16-8-6-13-4-2-3-5-14(13)10-16/h2-11H,12H2,1H3,(H,21,22). The average Bonchev–Trinajstić information content (AvgIpc) is 2.61. The van der Waals surface area contributed by atoms with Crippen LogP contribution in [0.15, 0.2) is 65.6 Å². The normalized spacial score (nSPS) is 11.3. The number of hydrogen-bond acceptors (Lipinski definition) is 4. The number of benzene rings is 3. The zero-order valence-electron chi connectivity index (χ0n) is 13.9. The van der Waals surface area contributed by atoms with Gasteiger partial charge in [-0.15, -0.1) is 0 Å². The summed E-state index contributed by atoms with van der Waals surface area (Å²) < 4.78 is 30.3. The monoisotopic (exact) mass is 389 g/mol. The third-order valence-electron chi connectivity index (χ3n) is 3.84. The Morgan fingerprint density at radius 1 is 1.04 bits per heavy atom. The van der Waals surface area contributed by atoms with Crippen molar-refractivity contribution in [3.63, 3.8) is 0 Å². The van der Waals surface area contributed by atoms with Crippen LogP contribution in [0.1, 0.15) is 0 Å². The summed E-state index contributed by atoms with van der Waals surface area (Å²) in [6, 6.07) is 16.9. The number of sulfone groups is 1. The number of hydrogen-bond donors (Lipinski definition) is 1. The van der Waals surface area contributed by atoms with Gasteiger partial charge in [0.05, 0.1) is 17.7 Å². The second kappa shape index (κ2) is 7.35. The highest BCUT2D eigenvalue weighted by atomic mass is 35.5. The molecule has 0 unspecified atom stereocenters. The minimum atomic E-state index is -3.79. The molecule has 0 heterocycles. The third kappa shape index (κ3) is 3.98. The average molecular weight is 390 g/mol. The van der Waals surface area contributed by atoms with Gasteiger partial charge in [-0.25, -0.2) is 8.42 Å². The minimum absolute atomic E-state index is 0.101. The van der Waals surface area contributed by atoms with Gasteiger partial charge in [0, 0.05) is 5.02 Å². The fourth-order valence-electron chi connectivity index (χ4n) is 2.58. The fourth-order valence-corrected chi connectivity index (χ4v) is 3.92. The van der Waals surface area contributed by atoms with Crippen molar-refractivity contribution in [2.24, 2.45) is 0 Å². The molecule has 3 aromatic carbocycles. The van der Waals surface area contributed by atoms with Gasteiger partial charge in [0.15, 0.2) is 9.84 Å². The first kappa shape index (κ1) is 18.2. The molecule has 3 rings (SSSR count). The van der Waals surface area contributed by atoms with Gasteiger partial charge in [0.25, 0.3) is 0 Å². The summed E-state index contributed by atoms with van der Waals surface area (Å²) in [6.07, 6.45) is 0. The molecule has 0 aromatic heterocycles. The Morgan fingerprint density at radius 2 is 1.77 bits per heavy atom. The number of anilines is 1. The predicted molar refractivity (Wildman–Crippen MR) is 103 cm³/mol. The lowest BCUT2D eigenvalue weighted by molar-refractivity contribution is -0.113. The van der Waals surface area contributed by atoms with Crippen molar-refractivity contribution in [1.29, 1.82) is 0 Å². The van der Waals surface area contributed by atoms with Crippen LogP contribution >= 0.6 is 11.6 Å². The van der Waals surface area contributed by atoms with E-state index in [0.717, 1.165) is 10.8 Å².